The standard InChI is InChI=1S/C17H27N3O/c1-3-10-19-17(2,16(18)21)13-20-11-6-9-14-7-4-5-8-15(14)12-20/h4-5,7-8,19H,3,6,9-13H2,1-2H3,(H2,18,21). The van der Waals surface area contributed by atoms with E-state index in [2.05, 4.69) is 41.4 Å². The van der Waals surface area contributed by atoms with E-state index in [0.717, 1.165) is 38.9 Å². The molecule has 0 spiro atoms. The third-order valence-corrected chi connectivity index (χ3v) is 4.28. The Morgan fingerprint density at radius 2 is 2.10 bits per heavy atom. The number of fused-ring (bicyclic) bond motifs is 1. The van der Waals surface area contributed by atoms with E-state index in [1.165, 1.54) is 11.1 Å². The summed E-state index contributed by atoms with van der Waals surface area (Å²) in [4.78, 5) is 14.2. The highest BCUT2D eigenvalue weighted by atomic mass is 16.1. The zero-order valence-electron chi connectivity index (χ0n) is 13.2. The second-order valence-corrected chi connectivity index (χ2v) is 6.21. The highest BCUT2D eigenvalue weighted by molar-refractivity contribution is 5.84. The predicted octanol–water partition coefficient (Wildman–Crippen LogP) is 1.68. The smallest absolute Gasteiger partial charge is 0.238 e. The minimum atomic E-state index is -0.657. The molecule has 1 unspecified atom stereocenters. The van der Waals surface area contributed by atoms with Crippen molar-refractivity contribution in [2.45, 2.75) is 45.2 Å². The first-order valence-electron chi connectivity index (χ1n) is 7.89. The Kier molecular flexibility index (Phi) is 5.37. The van der Waals surface area contributed by atoms with E-state index >= 15 is 0 Å². The van der Waals surface area contributed by atoms with Crippen molar-refractivity contribution in [2.75, 3.05) is 19.6 Å². The molecule has 0 saturated carbocycles. The normalized spacial score (nSPS) is 18.6. The van der Waals surface area contributed by atoms with Crippen molar-refractivity contribution in [3.63, 3.8) is 0 Å². The van der Waals surface area contributed by atoms with E-state index in [-0.39, 0.29) is 5.91 Å². The molecular weight excluding hydrogens is 262 g/mol. The number of rotatable bonds is 6. The fourth-order valence-electron chi connectivity index (χ4n) is 2.97. The largest absolute Gasteiger partial charge is 0.368 e. The molecule has 1 aromatic rings. The Balaban J connectivity index is 2.09. The lowest BCUT2D eigenvalue weighted by Gasteiger charge is -2.33. The van der Waals surface area contributed by atoms with Crippen LogP contribution in [0.1, 0.15) is 37.8 Å². The SMILES string of the molecule is CCCNC(C)(CN1CCCc2ccccc2C1)C(N)=O. The summed E-state index contributed by atoms with van der Waals surface area (Å²) >= 11 is 0. The lowest BCUT2D eigenvalue weighted by molar-refractivity contribution is -0.124. The number of nitrogens with two attached hydrogens (primary N) is 1. The Morgan fingerprint density at radius 1 is 1.38 bits per heavy atom. The van der Waals surface area contributed by atoms with Crippen LogP contribution in [0.5, 0.6) is 0 Å². The average molecular weight is 289 g/mol. The Bertz CT molecular complexity index is 489. The number of aryl methyl sites for hydroxylation is 1. The van der Waals surface area contributed by atoms with E-state index in [0.29, 0.717) is 6.54 Å². The number of benzene rings is 1. The van der Waals surface area contributed by atoms with Gasteiger partial charge in [0, 0.05) is 13.1 Å². The molecule has 0 aromatic heterocycles. The van der Waals surface area contributed by atoms with Gasteiger partial charge >= 0.3 is 0 Å². The van der Waals surface area contributed by atoms with Crippen molar-refractivity contribution in [3.05, 3.63) is 35.4 Å². The van der Waals surface area contributed by atoms with Gasteiger partial charge in [-0.3, -0.25) is 9.69 Å². The van der Waals surface area contributed by atoms with Crippen LogP contribution in [0.3, 0.4) is 0 Å². The number of carbonyl (C=O) groups excluding carboxylic acids is 1. The quantitative estimate of drug-likeness (QED) is 0.837. The molecule has 1 amide bonds. The second kappa shape index (κ2) is 7.05. The zero-order valence-corrected chi connectivity index (χ0v) is 13.2. The number of carbonyl (C=O) groups is 1. The van der Waals surface area contributed by atoms with Crippen molar-refractivity contribution >= 4 is 5.91 Å². The van der Waals surface area contributed by atoms with E-state index in [1.807, 2.05) is 6.92 Å². The summed E-state index contributed by atoms with van der Waals surface area (Å²) in [6.45, 7) is 7.39. The maximum absolute atomic E-state index is 11.9. The number of nitrogens with zero attached hydrogens (tertiary/aromatic N) is 1. The molecular formula is C17H27N3O. The van der Waals surface area contributed by atoms with Crippen LogP contribution in [-0.2, 0) is 17.8 Å². The predicted molar refractivity (Wildman–Crippen MR) is 85.9 cm³/mol. The van der Waals surface area contributed by atoms with E-state index in [1.54, 1.807) is 0 Å². The molecule has 1 atom stereocenters. The first kappa shape index (κ1) is 16.0. The maximum atomic E-state index is 11.9. The second-order valence-electron chi connectivity index (χ2n) is 6.21. The van der Waals surface area contributed by atoms with Gasteiger partial charge < -0.3 is 11.1 Å². The topological polar surface area (TPSA) is 58.4 Å². The minimum Gasteiger partial charge on any atom is -0.368 e. The molecule has 3 N–H and O–H groups in total. The summed E-state index contributed by atoms with van der Waals surface area (Å²) < 4.78 is 0. The summed E-state index contributed by atoms with van der Waals surface area (Å²) in [5, 5.41) is 3.32. The molecule has 1 aliphatic heterocycles. The molecule has 21 heavy (non-hydrogen) atoms. The van der Waals surface area contributed by atoms with Gasteiger partial charge in [-0.1, -0.05) is 31.2 Å². The molecule has 1 aromatic carbocycles. The first-order chi connectivity index (χ1) is 10.0. The van der Waals surface area contributed by atoms with Crippen LogP contribution >= 0.6 is 0 Å². The molecule has 0 bridgehead atoms. The third kappa shape index (κ3) is 4.05. The van der Waals surface area contributed by atoms with Gasteiger partial charge in [0.15, 0.2) is 0 Å². The van der Waals surface area contributed by atoms with Crippen molar-refractivity contribution in [1.82, 2.24) is 10.2 Å². The molecule has 0 radical (unpaired) electrons. The van der Waals surface area contributed by atoms with Gasteiger partial charge in [0.05, 0.1) is 0 Å². The monoisotopic (exact) mass is 289 g/mol. The van der Waals surface area contributed by atoms with Crippen LogP contribution in [0.25, 0.3) is 0 Å². The summed E-state index contributed by atoms with van der Waals surface area (Å²) in [6, 6.07) is 8.59. The maximum Gasteiger partial charge on any atom is 0.238 e. The molecule has 116 valence electrons. The number of amides is 1. The van der Waals surface area contributed by atoms with Crippen LogP contribution in [0.2, 0.25) is 0 Å². The minimum absolute atomic E-state index is 0.270. The van der Waals surface area contributed by atoms with Crippen molar-refractivity contribution < 1.29 is 4.79 Å². The summed E-state index contributed by atoms with van der Waals surface area (Å²) in [7, 11) is 0. The van der Waals surface area contributed by atoms with Crippen LogP contribution in [0.15, 0.2) is 24.3 Å². The Labute approximate surface area is 127 Å². The zero-order chi connectivity index (χ0) is 15.3. The highest BCUT2D eigenvalue weighted by Gasteiger charge is 2.33. The molecule has 0 saturated heterocycles. The molecule has 0 aliphatic carbocycles. The van der Waals surface area contributed by atoms with Gasteiger partial charge in [-0.15, -0.1) is 0 Å². The molecule has 1 aliphatic rings. The Hall–Kier alpha value is -1.39. The van der Waals surface area contributed by atoms with Crippen LogP contribution in [0, 0.1) is 0 Å². The first-order valence-corrected chi connectivity index (χ1v) is 7.89. The van der Waals surface area contributed by atoms with Gasteiger partial charge in [0.2, 0.25) is 5.91 Å². The van der Waals surface area contributed by atoms with Crippen LogP contribution < -0.4 is 11.1 Å². The summed E-state index contributed by atoms with van der Waals surface area (Å²) in [6.07, 6.45) is 3.23. The molecule has 1 heterocycles. The Morgan fingerprint density at radius 3 is 2.76 bits per heavy atom. The molecule has 4 heteroatoms. The van der Waals surface area contributed by atoms with Crippen molar-refractivity contribution in [1.29, 1.82) is 0 Å². The number of nitrogens with one attached hydrogen (secondary N) is 1. The molecule has 2 rings (SSSR count). The average Bonchev–Trinajstić information content (AvgIpc) is 2.66. The van der Waals surface area contributed by atoms with Crippen molar-refractivity contribution in [3.8, 4) is 0 Å². The van der Waals surface area contributed by atoms with Gasteiger partial charge in [0.25, 0.3) is 0 Å². The van der Waals surface area contributed by atoms with Gasteiger partial charge in [-0.05, 0) is 50.4 Å². The van der Waals surface area contributed by atoms with E-state index < -0.39 is 5.54 Å². The third-order valence-electron chi connectivity index (χ3n) is 4.28. The number of hydrogen-bond donors (Lipinski definition) is 2. The summed E-state index contributed by atoms with van der Waals surface area (Å²) in [5.41, 5.74) is 7.78. The molecule has 0 fully saturated rings. The van der Waals surface area contributed by atoms with E-state index in [9.17, 15) is 4.79 Å². The van der Waals surface area contributed by atoms with Gasteiger partial charge in [-0.2, -0.15) is 0 Å². The lowest BCUT2D eigenvalue weighted by atomic mass is 10.00. The van der Waals surface area contributed by atoms with Crippen LogP contribution in [0.4, 0.5) is 0 Å². The lowest BCUT2D eigenvalue weighted by Crippen LogP contribution is -2.59. The highest BCUT2D eigenvalue weighted by Crippen LogP contribution is 2.20. The van der Waals surface area contributed by atoms with Crippen LogP contribution in [-0.4, -0.2) is 36.0 Å². The van der Waals surface area contributed by atoms with Gasteiger partial charge in [0.1, 0.15) is 5.54 Å². The number of hydrogen-bond acceptors (Lipinski definition) is 3. The molecule has 4 nitrogen and oxygen atoms in total. The van der Waals surface area contributed by atoms with Gasteiger partial charge in [-0.25, -0.2) is 0 Å². The number of primary amides is 1. The van der Waals surface area contributed by atoms with Crippen molar-refractivity contribution in [2.24, 2.45) is 5.73 Å². The fourth-order valence-corrected chi connectivity index (χ4v) is 2.97. The van der Waals surface area contributed by atoms with E-state index in [4.69, 9.17) is 5.73 Å². The fraction of sp³-hybridized carbons (Fsp3) is 0.588. The summed E-state index contributed by atoms with van der Waals surface area (Å²) in [5.74, 6) is -0.270.